The maximum Gasteiger partial charge on any atom is 0.261 e. The van der Waals surface area contributed by atoms with Crippen LogP contribution < -0.4 is 11.1 Å². The van der Waals surface area contributed by atoms with Gasteiger partial charge in [0.2, 0.25) is 0 Å². The lowest BCUT2D eigenvalue weighted by Crippen LogP contribution is -2.54. The molecule has 1 aliphatic heterocycles. The van der Waals surface area contributed by atoms with Gasteiger partial charge in [-0.05, 0) is 31.5 Å². The van der Waals surface area contributed by atoms with Gasteiger partial charge in [-0.3, -0.25) is 4.79 Å². The molecule has 4 rings (SSSR count). The first-order chi connectivity index (χ1) is 12.8. The molecule has 1 saturated heterocycles. The summed E-state index contributed by atoms with van der Waals surface area (Å²) in [7, 11) is -3.11. The third kappa shape index (κ3) is 3.47. The Bertz CT molecular complexity index is 1120. The van der Waals surface area contributed by atoms with E-state index < -0.39 is 15.9 Å². The molecule has 0 saturated carbocycles. The van der Waals surface area contributed by atoms with Crippen molar-refractivity contribution in [2.75, 3.05) is 11.5 Å². The summed E-state index contributed by atoms with van der Waals surface area (Å²) in [5, 5.41) is 7.20. The summed E-state index contributed by atoms with van der Waals surface area (Å²) in [6.07, 6.45) is 3.76. The molecule has 8 nitrogen and oxygen atoms in total. The maximum atomic E-state index is 12.7. The fourth-order valence-corrected chi connectivity index (χ4v) is 5.82. The second-order valence-corrected chi connectivity index (χ2v) is 10.1. The van der Waals surface area contributed by atoms with E-state index in [-0.39, 0.29) is 23.5 Å². The van der Waals surface area contributed by atoms with Crippen LogP contribution in [-0.2, 0) is 9.84 Å². The number of aryl methyl sites for hydroxylation is 1. The van der Waals surface area contributed by atoms with Crippen molar-refractivity contribution in [2.45, 2.75) is 25.4 Å². The van der Waals surface area contributed by atoms with Crippen molar-refractivity contribution in [2.24, 2.45) is 5.73 Å². The van der Waals surface area contributed by atoms with Gasteiger partial charge in [-0.15, -0.1) is 11.3 Å². The SMILES string of the molecule is Cc1sc(C(=O)NC2CCS(=O)(=O)CC2N)cc1-c1cnc2cccnn12. The monoisotopic (exact) mass is 405 g/mol. The van der Waals surface area contributed by atoms with Crippen LogP contribution >= 0.6 is 11.3 Å². The molecule has 142 valence electrons. The molecule has 0 spiro atoms. The molecule has 3 N–H and O–H groups in total. The Morgan fingerprint density at radius 2 is 2.26 bits per heavy atom. The molecule has 0 radical (unpaired) electrons. The van der Waals surface area contributed by atoms with Crippen LogP contribution in [0, 0.1) is 6.92 Å². The van der Waals surface area contributed by atoms with Gasteiger partial charge in [-0.2, -0.15) is 5.10 Å². The number of thiophene rings is 1. The third-order valence-corrected chi connectivity index (χ3v) is 7.51. The molecular formula is C17H19N5O3S2. The summed E-state index contributed by atoms with van der Waals surface area (Å²) in [5.74, 6) is -0.288. The predicted molar refractivity (Wildman–Crippen MR) is 104 cm³/mol. The van der Waals surface area contributed by atoms with Gasteiger partial charge in [0, 0.05) is 28.7 Å². The van der Waals surface area contributed by atoms with Crippen molar-refractivity contribution in [1.29, 1.82) is 0 Å². The van der Waals surface area contributed by atoms with E-state index in [2.05, 4.69) is 15.4 Å². The number of rotatable bonds is 3. The number of nitrogens with one attached hydrogen (secondary N) is 1. The zero-order chi connectivity index (χ0) is 19.2. The molecular weight excluding hydrogens is 386 g/mol. The van der Waals surface area contributed by atoms with Crippen LogP contribution in [0.5, 0.6) is 0 Å². The summed E-state index contributed by atoms with van der Waals surface area (Å²) >= 11 is 1.38. The molecule has 10 heteroatoms. The van der Waals surface area contributed by atoms with Gasteiger partial charge in [0.25, 0.3) is 5.91 Å². The highest BCUT2D eigenvalue weighted by Gasteiger charge is 2.32. The van der Waals surface area contributed by atoms with Gasteiger partial charge in [-0.25, -0.2) is 17.9 Å². The molecule has 1 fully saturated rings. The number of hydrogen-bond acceptors (Lipinski definition) is 7. The molecule has 1 amide bonds. The van der Waals surface area contributed by atoms with Crippen molar-refractivity contribution in [3.63, 3.8) is 0 Å². The quantitative estimate of drug-likeness (QED) is 0.671. The third-order valence-electron chi connectivity index (χ3n) is 4.71. The Morgan fingerprint density at radius 1 is 1.44 bits per heavy atom. The molecule has 3 aromatic rings. The van der Waals surface area contributed by atoms with Gasteiger partial charge < -0.3 is 11.1 Å². The Hall–Kier alpha value is -2.30. The first-order valence-corrected chi connectivity index (χ1v) is 11.1. The van der Waals surface area contributed by atoms with Crippen LogP contribution in [0.15, 0.2) is 30.6 Å². The second kappa shape index (κ2) is 6.70. The summed E-state index contributed by atoms with van der Waals surface area (Å²) in [5.41, 5.74) is 8.39. The largest absolute Gasteiger partial charge is 0.347 e. The number of imidazole rings is 1. The van der Waals surface area contributed by atoms with Crippen molar-refractivity contribution < 1.29 is 13.2 Å². The standard InChI is InChI=1S/C17H19N5O3S2/c1-10-11(14-8-19-16-3-2-5-20-22(14)16)7-15(26-10)17(23)21-13-4-6-27(24,25)9-12(13)18/h2-3,5,7-8,12-13H,4,6,9,18H2,1H3,(H,21,23). The molecule has 3 aromatic heterocycles. The zero-order valence-corrected chi connectivity index (χ0v) is 16.3. The smallest absolute Gasteiger partial charge is 0.261 e. The van der Waals surface area contributed by atoms with Crippen LogP contribution in [-0.4, -0.2) is 52.5 Å². The average molecular weight is 406 g/mol. The summed E-state index contributed by atoms with van der Waals surface area (Å²) in [6, 6.07) is 4.57. The molecule has 0 bridgehead atoms. The van der Waals surface area contributed by atoms with E-state index in [4.69, 9.17) is 5.73 Å². The minimum atomic E-state index is -3.11. The Morgan fingerprint density at radius 3 is 3.04 bits per heavy atom. The predicted octanol–water partition coefficient (Wildman–Crippen LogP) is 1.01. The average Bonchev–Trinajstić information content (AvgIpc) is 3.20. The van der Waals surface area contributed by atoms with Crippen LogP contribution in [0.4, 0.5) is 0 Å². The van der Waals surface area contributed by atoms with Gasteiger partial charge >= 0.3 is 0 Å². The number of fused-ring (bicyclic) bond motifs is 1. The van der Waals surface area contributed by atoms with Crippen molar-refractivity contribution >= 4 is 32.7 Å². The fraction of sp³-hybridized carbons (Fsp3) is 0.353. The Kier molecular flexibility index (Phi) is 4.49. The van der Waals surface area contributed by atoms with E-state index >= 15 is 0 Å². The minimum Gasteiger partial charge on any atom is -0.347 e. The topological polar surface area (TPSA) is 119 Å². The first kappa shape index (κ1) is 18.1. The number of nitrogens with two attached hydrogens (primary N) is 1. The van der Waals surface area contributed by atoms with E-state index in [1.165, 1.54) is 11.3 Å². The van der Waals surface area contributed by atoms with E-state index in [0.717, 1.165) is 21.8 Å². The van der Waals surface area contributed by atoms with Gasteiger partial charge in [0.1, 0.15) is 0 Å². The van der Waals surface area contributed by atoms with Crippen molar-refractivity contribution in [1.82, 2.24) is 19.9 Å². The summed E-state index contributed by atoms with van der Waals surface area (Å²) in [4.78, 5) is 18.5. The van der Waals surface area contributed by atoms with Crippen molar-refractivity contribution in [3.05, 3.63) is 40.3 Å². The number of carbonyl (C=O) groups excluding carboxylic acids is 1. The number of aromatic nitrogens is 3. The highest BCUT2D eigenvalue weighted by molar-refractivity contribution is 7.91. The van der Waals surface area contributed by atoms with E-state index in [1.54, 1.807) is 16.9 Å². The van der Waals surface area contributed by atoms with Gasteiger partial charge in [-0.1, -0.05) is 0 Å². The molecule has 2 unspecified atom stereocenters. The number of amides is 1. The lowest BCUT2D eigenvalue weighted by molar-refractivity contribution is 0.0934. The van der Waals surface area contributed by atoms with E-state index in [0.29, 0.717) is 11.3 Å². The number of hydrogen-bond donors (Lipinski definition) is 2. The minimum absolute atomic E-state index is 0.0495. The van der Waals surface area contributed by atoms with Crippen LogP contribution in [0.2, 0.25) is 0 Å². The number of nitrogens with zero attached hydrogens (tertiary/aromatic N) is 3. The summed E-state index contributed by atoms with van der Waals surface area (Å²) < 4.78 is 25.0. The Balaban J connectivity index is 1.57. The molecule has 4 heterocycles. The highest BCUT2D eigenvalue weighted by atomic mass is 32.2. The lowest BCUT2D eigenvalue weighted by atomic mass is 10.1. The van der Waals surface area contributed by atoms with Gasteiger partial charge in [0.05, 0.1) is 28.3 Å². The van der Waals surface area contributed by atoms with Crippen LogP contribution in [0.1, 0.15) is 21.0 Å². The van der Waals surface area contributed by atoms with Gasteiger partial charge in [0.15, 0.2) is 15.5 Å². The first-order valence-electron chi connectivity index (χ1n) is 8.50. The normalized spacial score (nSPS) is 22.0. The molecule has 0 aromatic carbocycles. The van der Waals surface area contributed by atoms with Crippen LogP contribution in [0.25, 0.3) is 16.9 Å². The fourth-order valence-electron chi connectivity index (χ4n) is 3.29. The lowest BCUT2D eigenvalue weighted by Gasteiger charge is -2.29. The second-order valence-electron chi connectivity index (χ2n) is 6.66. The molecule has 2 atom stereocenters. The number of sulfone groups is 1. The highest BCUT2D eigenvalue weighted by Crippen LogP contribution is 2.31. The van der Waals surface area contributed by atoms with E-state index in [1.807, 2.05) is 25.1 Å². The van der Waals surface area contributed by atoms with E-state index in [9.17, 15) is 13.2 Å². The van der Waals surface area contributed by atoms with Crippen molar-refractivity contribution in [3.8, 4) is 11.3 Å². The number of carbonyl (C=O) groups is 1. The molecule has 27 heavy (non-hydrogen) atoms. The zero-order valence-electron chi connectivity index (χ0n) is 14.6. The van der Waals surface area contributed by atoms with Crippen LogP contribution in [0.3, 0.4) is 0 Å². The maximum absolute atomic E-state index is 12.7. The molecule has 1 aliphatic rings. The Labute approximate surface area is 160 Å². The molecule has 0 aliphatic carbocycles. The summed E-state index contributed by atoms with van der Waals surface area (Å²) in [6.45, 7) is 1.94.